The van der Waals surface area contributed by atoms with E-state index in [0.717, 1.165) is 12.8 Å². The van der Waals surface area contributed by atoms with Crippen LogP contribution in [0.4, 0.5) is 5.69 Å². The fourth-order valence-corrected chi connectivity index (χ4v) is 2.52. The zero-order valence-corrected chi connectivity index (χ0v) is 12.7. The molecule has 1 saturated carbocycles. The lowest BCUT2D eigenvalue weighted by Crippen LogP contribution is -2.35. The minimum absolute atomic E-state index is 0.268. The molecule has 1 aliphatic heterocycles. The van der Waals surface area contributed by atoms with Crippen molar-refractivity contribution in [1.82, 2.24) is 10.2 Å². The van der Waals surface area contributed by atoms with Gasteiger partial charge in [0.15, 0.2) is 0 Å². The fraction of sp³-hybridized carbons (Fsp3) is 0.375. The Morgan fingerprint density at radius 3 is 2.48 bits per heavy atom. The van der Waals surface area contributed by atoms with Crippen LogP contribution in [0.15, 0.2) is 18.2 Å². The van der Waals surface area contributed by atoms with Crippen LogP contribution in [0.25, 0.3) is 0 Å². The van der Waals surface area contributed by atoms with E-state index in [2.05, 4.69) is 10.6 Å². The normalized spacial score (nSPS) is 16.3. The first kappa shape index (κ1) is 15.2. The van der Waals surface area contributed by atoms with Gasteiger partial charge < -0.3 is 10.6 Å². The Labute approximate surface area is 133 Å². The van der Waals surface area contributed by atoms with E-state index in [1.54, 1.807) is 6.92 Å². The van der Waals surface area contributed by atoms with Crippen molar-refractivity contribution in [2.24, 2.45) is 5.92 Å². The van der Waals surface area contributed by atoms with Gasteiger partial charge in [0.1, 0.15) is 0 Å². The Kier molecular flexibility index (Phi) is 3.85. The average Bonchev–Trinajstić information content (AvgIpc) is 3.32. The lowest BCUT2D eigenvalue weighted by atomic mass is 10.1. The Morgan fingerprint density at radius 1 is 1.13 bits per heavy atom. The highest BCUT2D eigenvalue weighted by Gasteiger charge is 2.38. The number of nitrogens with one attached hydrogen (secondary N) is 2. The van der Waals surface area contributed by atoms with Gasteiger partial charge in [-0.15, -0.1) is 0 Å². The van der Waals surface area contributed by atoms with Gasteiger partial charge in [0.05, 0.1) is 11.1 Å². The largest absolute Gasteiger partial charge is 0.348 e. The molecule has 2 aliphatic rings. The minimum atomic E-state index is -0.807. The summed E-state index contributed by atoms with van der Waals surface area (Å²) in [6.45, 7) is 2.51. The number of hydrogen-bond acceptors (Lipinski definition) is 4. The summed E-state index contributed by atoms with van der Waals surface area (Å²) in [5, 5.41) is 4.82. The summed E-state index contributed by atoms with van der Waals surface area (Å²) < 4.78 is 0. The second-order valence-electron chi connectivity index (χ2n) is 5.74. The molecule has 120 valence electrons. The molecule has 0 aromatic heterocycles. The highest BCUT2D eigenvalue weighted by atomic mass is 16.2. The van der Waals surface area contributed by atoms with Crippen LogP contribution < -0.4 is 10.6 Å². The molecular weight excluding hydrogens is 298 g/mol. The highest BCUT2D eigenvalue weighted by molar-refractivity contribution is 6.39. The molecule has 0 spiro atoms. The number of anilines is 1. The molecule has 1 aromatic carbocycles. The number of amides is 4. The van der Waals surface area contributed by atoms with Gasteiger partial charge in [-0.05, 0) is 43.9 Å². The monoisotopic (exact) mass is 315 g/mol. The zero-order valence-electron chi connectivity index (χ0n) is 12.7. The molecule has 1 aliphatic carbocycles. The third-order valence-corrected chi connectivity index (χ3v) is 3.91. The van der Waals surface area contributed by atoms with Gasteiger partial charge in [0.25, 0.3) is 11.8 Å². The van der Waals surface area contributed by atoms with E-state index in [4.69, 9.17) is 0 Å². The molecule has 7 nitrogen and oxygen atoms in total. The molecule has 1 aromatic rings. The third kappa shape index (κ3) is 2.94. The fourth-order valence-electron chi connectivity index (χ4n) is 2.52. The quantitative estimate of drug-likeness (QED) is 0.633. The van der Waals surface area contributed by atoms with E-state index in [0.29, 0.717) is 30.3 Å². The van der Waals surface area contributed by atoms with E-state index in [-0.39, 0.29) is 17.4 Å². The predicted molar refractivity (Wildman–Crippen MR) is 81.8 cm³/mol. The minimum Gasteiger partial charge on any atom is -0.348 e. The van der Waals surface area contributed by atoms with Crippen LogP contribution in [0, 0.1) is 5.92 Å². The number of benzene rings is 1. The van der Waals surface area contributed by atoms with Gasteiger partial charge in [-0.1, -0.05) is 0 Å². The second kappa shape index (κ2) is 5.83. The molecule has 0 bridgehead atoms. The number of hydrogen-bond donors (Lipinski definition) is 2. The first-order chi connectivity index (χ1) is 11.0. The Morgan fingerprint density at radius 2 is 1.83 bits per heavy atom. The van der Waals surface area contributed by atoms with Crippen molar-refractivity contribution in [2.75, 3.05) is 18.4 Å². The van der Waals surface area contributed by atoms with Crippen LogP contribution in [0.5, 0.6) is 0 Å². The highest BCUT2D eigenvalue weighted by Crippen LogP contribution is 2.33. The van der Waals surface area contributed by atoms with E-state index in [9.17, 15) is 19.2 Å². The number of rotatable bonds is 4. The molecule has 7 heteroatoms. The van der Waals surface area contributed by atoms with Gasteiger partial charge in [-0.2, -0.15) is 0 Å². The predicted octanol–water partition coefficient (Wildman–Crippen LogP) is 0.767. The van der Waals surface area contributed by atoms with Gasteiger partial charge in [-0.25, -0.2) is 0 Å². The number of carbonyl (C=O) groups excluding carboxylic acids is 4. The van der Waals surface area contributed by atoms with Crippen molar-refractivity contribution in [3.63, 3.8) is 0 Å². The smallest absolute Gasteiger partial charge is 0.313 e. The SMILES string of the molecule is CCNC(=O)C(=O)Nc1ccc2c(c1)C(=O)N(CC1CC1)C2=O. The van der Waals surface area contributed by atoms with E-state index >= 15 is 0 Å². The summed E-state index contributed by atoms with van der Waals surface area (Å²) >= 11 is 0. The molecule has 4 amide bonds. The maximum atomic E-state index is 12.4. The molecule has 1 fully saturated rings. The van der Waals surface area contributed by atoms with Crippen molar-refractivity contribution >= 4 is 29.3 Å². The average molecular weight is 315 g/mol. The standard InChI is InChI=1S/C16H17N3O4/c1-2-17-13(20)14(21)18-10-5-6-11-12(7-10)16(23)19(15(11)22)8-9-3-4-9/h5-7,9H,2-4,8H2,1H3,(H,17,20)(H,18,21). The van der Waals surface area contributed by atoms with Crippen molar-refractivity contribution in [2.45, 2.75) is 19.8 Å². The van der Waals surface area contributed by atoms with E-state index in [1.165, 1.54) is 23.1 Å². The Balaban J connectivity index is 1.77. The number of nitrogens with zero attached hydrogens (tertiary/aromatic N) is 1. The molecule has 0 radical (unpaired) electrons. The van der Waals surface area contributed by atoms with Crippen LogP contribution in [0.2, 0.25) is 0 Å². The molecule has 0 unspecified atom stereocenters. The van der Waals surface area contributed by atoms with Gasteiger partial charge in [0, 0.05) is 18.8 Å². The van der Waals surface area contributed by atoms with Crippen LogP contribution in [0.1, 0.15) is 40.5 Å². The number of fused-ring (bicyclic) bond motifs is 1. The van der Waals surface area contributed by atoms with Crippen molar-refractivity contribution in [1.29, 1.82) is 0 Å². The second-order valence-corrected chi connectivity index (χ2v) is 5.74. The van der Waals surface area contributed by atoms with Crippen LogP contribution in [-0.4, -0.2) is 41.6 Å². The molecule has 0 atom stereocenters. The topological polar surface area (TPSA) is 95.6 Å². The molecule has 1 heterocycles. The van der Waals surface area contributed by atoms with E-state index < -0.39 is 11.8 Å². The molecule has 2 N–H and O–H groups in total. The van der Waals surface area contributed by atoms with Gasteiger partial charge in [-0.3, -0.25) is 24.1 Å². The van der Waals surface area contributed by atoms with Gasteiger partial charge in [0.2, 0.25) is 0 Å². The first-order valence-electron chi connectivity index (χ1n) is 7.60. The van der Waals surface area contributed by atoms with Crippen molar-refractivity contribution < 1.29 is 19.2 Å². The zero-order chi connectivity index (χ0) is 16.6. The maximum Gasteiger partial charge on any atom is 0.313 e. The van der Waals surface area contributed by atoms with Gasteiger partial charge >= 0.3 is 11.8 Å². The Hall–Kier alpha value is -2.70. The van der Waals surface area contributed by atoms with Crippen LogP contribution in [0.3, 0.4) is 0 Å². The summed E-state index contributed by atoms with van der Waals surface area (Å²) in [5.74, 6) is -1.78. The van der Waals surface area contributed by atoms with Crippen molar-refractivity contribution in [3.05, 3.63) is 29.3 Å². The molecular formula is C16H17N3O4. The Bertz CT molecular complexity index is 709. The first-order valence-corrected chi connectivity index (χ1v) is 7.60. The number of likely N-dealkylation sites (N-methyl/N-ethyl adjacent to an activating group) is 1. The lowest BCUT2D eigenvalue weighted by Gasteiger charge is -2.12. The number of carbonyl (C=O) groups is 4. The summed E-state index contributed by atoms with van der Waals surface area (Å²) in [5.41, 5.74) is 0.922. The third-order valence-electron chi connectivity index (χ3n) is 3.91. The lowest BCUT2D eigenvalue weighted by molar-refractivity contribution is -0.136. The van der Waals surface area contributed by atoms with Crippen LogP contribution >= 0.6 is 0 Å². The van der Waals surface area contributed by atoms with E-state index in [1.807, 2.05) is 0 Å². The molecule has 23 heavy (non-hydrogen) atoms. The summed E-state index contributed by atoms with van der Waals surface area (Å²) in [6.07, 6.45) is 2.09. The summed E-state index contributed by atoms with van der Waals surface area (Å²) in [4.78, 5) is 49.0. The number of imide groups is 1. The molecule has 0 saturated heterocycles. The summed E-state index contributed by atoms with van der Waals surface area (Å²) in [7, 11) is 0. The van der Waals surface area contributed by atoms with Crippen molar-refractivity contribution in [3.8, 4) is 0 Å². The maximum absolute atomic E-state index is 12.4. The van der Waals surface area contributed by atoms with Crippen LogP contribution in [-0.2, 0) is 9.59 Å². The summed E-state index contributed by atoms with van der Waals surface area (Å²) in [6, 6.07) is 4.47. The molecule has 3 rings (SSSR count).